The Bertz CT molecular complexity index is 330. The van der Waals surface area contributed by atoms with Crippen LogP contribution in [0.15, 0.2) is 18.5 Å². The van der Waals surface area contributed by atoms with Crippen molar-refractivity contribution >= 4 is 0 Å². The van der Waals surface area contributed by atoms with Gasteiger partial charge in [0, 0.05) is 18.4 Å². The van der Waals surface area contributed by atoms with E-state index in [2.05, 4.69) is 22.2 Å². The van der Waals surface area contributed by atoms with Crippen LogP contribution >= 0.6 is 0 Å². The molecule has 0 amide bonds. The smallest absolute Gasteiger partial charge is 0.148 e. The normalized spacial score (nSPS) is 40.4. The second kappa shape index (κ2) is 2.76. The maximum absolute atomic E-state index is 4.37. The minimum Gasteiger partial charge on any atom is -0.302 e. The number of nitrogens with zero attached hydrogens (tertiary/aromatic N) is 2. The summed E-state index contributed by atoms with van der Waals surface area (Å²) in [6.45, 7) is 2.32. The first-order chi connectivity index (χ1) is 6.78. The lowest BCUT2D eigenvalue weighted by Crippen LogP contribution is -2.66. The third kappa shape index (κ3) is 1.08. The van der Waals surface area contributed by atoms with Gasteiger partial charge < -0.3 is 5.32 Å². The fourth-order valence-corrected chi connectivity index (χ4v) is 3.03. The van der Waals surface area contributed by atoms with Gasteiger partial charge in [0.25, 0.3) is 0 Å². The van der Waals surface area contributed by atoms with Crippen LogP contribution in [0.4, 0.5) is 0 Å². The van der Waals surface area contributed by atoms with Crippen molar-refractivity contribution in [2.45, 2.75) is 37.8 Å². The van der Waals surface area contributed by atoms with Crippen LogP contribution in [-0.4, -0.2) is 16.0 Å². The molecule has 3 unspecified atom stereocenters. The van der Waals surface area contributed by atoms with Crippen LogP contribution in [0.2, 0.25) is 0 Å². The lowest BCUT2D eigenvalue weighted by atomic mass is 9.66. The molecule has 0 spiro atoms. The average molecular weight is 189 g/mol. The molecule has 3 atom stereocenters. The maximum Gasteiger partial charge on any atom is 0.148 e. The molecule has 3 heteroatoms. The SMILES string of the molecule is CC1CC2CC(c3ncccn3)(C1)N2. The summed E-state index contributed by atoms with van der Waals surface area (Å²) in [4.78, 5) is 8.75. The highest BCUT2D eigenvalue weighted by Crippen LogP contribution is 2.46. The van der Waals surface area contributed by atoms with E-state index in [1.807, 2.05) is 18.5 Å². The number of rotatable bonds is 1. The van der Waals surface area contributed by atoms with E-state index in [0.29, 0.717) is 6.04 Å². The highest BCUT2D eigenvalue weighted by Gasteiger charge is 2.51. The predicted octanol–water partition coefficient (Wildman–Crippen LogP) is 1.46. The Labute approximate surface area is 84.0 Å². The van der Waals surface area contributed by atoms with E-state index in [9.17, 15) is 0 Å². The monoisotopic (exact) mass is 189 g/mol. The Kier molecular flexibility index (Phi) is 1.65. The number of hydrogen-bond acceptors (Lipinski definition) is 3. The molecule has 1 saturated carbocycles. The van der Waals surface area contributed by atoms with Crippen molar-refractivity contribution in [2.24, 2.45) is 5.92 Å². The molecule has 0 aromatic carbocycles. The zero-order valence-corrected chi connectivity index (χ0v) is 8.40. The van der Waals surface area contributed by atoms with Crippen molar-refractivity contribution in [3.63, 3.8) is 0 Å². The number of nitrogens with one attached hydrogen (secondary N) is 1. The van der Waals surface area contributed by atoms with Crippen molar-refractivity contribution in [1.82, 2.24) is 15.3 Å². The Hall–Kier alpha value is -0.960. The summed E-state index contributed by atoms with van der Waals surface area (Å²) < 4.78 is 0. The third-order valence-electron chi connectivity index (χ3n) is 3.45. The molecule has 3 fully saturated rings. The van der Waals surface area contributed by atoms with Crippen molar-refractivity contribution < 1.29 is 0 Å². The molecule has 74 valence electrons. The van der Waals surface area contributed by atoms with Gasteiger partial charge >= 0.3 is 0 Å². The van der Waals surface area contributed by atoms with Crippen LogP contribution in [0.3, 0.4) is 0 Å². The van der Waals surface area contributed by atoms with Gasteiger partial charge in [0.05, 0.1) is 5.54 Å². The summed E-state index contributed by atoms with van der Waals surface area (Å²) >= 11 is 0. The lowest BCUT2D eigenvalue weighted by Gasteiger charge is -2.54. The van der Waals surface area contributed by atoms with E-state index in [1.165, 1.54) is 19.3 Å². The summed E-state index contributed by atoms with van der Waals surface area (Å²) in [7, 11) is 0. The first-order valence-electron chi connectivity index (χ1n) is 5.34. The molecule has 0 radical (unpaired) electrons. The largest absolute Gasteiger partial charge is 0.302 e. The topological polar surface area (TPSA) is 37.8 Å². The van der Waals surface area contributed by atoms with Gasteiger partial charge in [-0.15, -0.1) is 0 Å². The number of hydrogen-bond donors (Lipinski definition) is 1. The molecule has 1 aliphatic carbocycles. The van der Waals surface area contributed by atoms with Crippen LogP contribution in [-0.2, 0) is 5.54 Å². The maximum atomic E-state index is 4.37. The van der Waals surface area contributed by atoms with Gasteiger partial charge in [-0.05, 0) is 31.2 Å². The standard InChI is InChI=1S/C11H15N3/c1-8-5-9-7-11(6-8,14-9)10-12-3-2-4-13-10/h2-4,8-9,14H,5-7H2,1H3. The minimum atomic E-state index is 0.115. The van der Waals surface area contributed by atoms with Crippen LogP contribution in [0.1, 0.15) is 32.0 Å². The Morgan fingerprint density at radius 1 is 1.36 bits per heavy atom. The van der Waals surface area contributed by atoms with Crippen molar-refractivity contribution in [3.05, 3.63) is 24.3 Å². The van der Waals surface area contributed by atoms with E-state index in [4.69, 9.17) is 0 Å². The van der Waals surface area contributed by atoms with E-state index < -0.39 is 0 Å². The molecule has 2 saturated heterocycles. The second-order valence-corrected chi connectivity index (χ2v) is 4.74. The van der Waals surface area contributed by atoms with Gasteiger partial charge in [0.2, 0.25) is 0 Å². The summed E-state index contributed by atoms with van der Waals surface area (Å²) in [5.41, 5.74) is 0.115. The van der Waals surface area contributed by atoms with E-state index >= 15 is 0 Å². The summed E-state index contributed by atoms with van der Waals surface area (Å²) in [6, 6.07) is 2.59. The number of piperidine rings is 1. The van der Waals surface area contributed by atoms with Crippen molar-refractivity contribution in [2.75, 3.05) is 0 Å². The van der Waals surface area contributed by atoms with Gasteiger partial charge in [0.1, 0.15) is 5.82 Å². The van der Waals surface area contributed by atoms with Gasteiger partial charge in [-0.25, -0.2) is 9.97 Å². The molecule has 4 rings (SSSR count). The molecule has 2 bridgehead atoms. The van der Waals surface area contributed by atoms with Crippen LogP contribution in [0, 0.1) is 5.92 Å². The van der Waals surface area contributed by atoms with E-state index in [0.717, 1.165) is 11.7 Å². The lowest BCUT2D eigenvalue weighted by molar-refractivity contribution is 0.0282. The molecular weight excluding hydrogens is 174 g/mol. The molecule has 1 aromatic rings. The fraction of sp³-hybridized carbons (Fsp3) is 0.636. The zero-order valence-electron chi connectivity index (χ0n) is 8.40. The average Bonchev–Trinajstić information content (AvgIpc) is 2.17. The molecular formula is C11H15N3. The second-order valence-electron chi connectivity index (χ2n) is 4.74. The van der Waals surface area contributed by atoms with E-state index in [-0.39, 0.29) is 5.54 Å². The highest BCUT2D eigenvalue weighted by molar-refractivity contribution is 5.17. The molecule has 3 nitrogen and oxygen atoms in total. The summed E-state index contributed by atoms with van der Waals surface area (Å²) in [6.07, 6.45) is 7.40. The quantitative estimate of drug-likeness (QED) is 0.727. The Morgan fingerprint density at radius 2 is 2.07 bits per heavy atom. The molecule has 1 N–H and O–H groups in total. The van der Waals surface area contributed by atoms with Crippen LogP contribution in [0.5, 0.6) is 0 Å². The first kappa shape index (κ1) is 8.36. The third-order valence-corrected chi connectivity index (χ3v) is 3.45. The van der Waals surface area contributed by atoms with Gasteiger partial charge in [-0.3, -0.25) is 0 Å². The molecule has 2 aliphatic heterocycles. The fourth-order valence-electron chi connectivity index (χ4n) is 3.03. The first-order valence-corrected chi connectivity index (χ1v) is 5.34. The minimum absolute atomic E-state index is 0.115. The summed E-state index contributed by atoms with van der Waals surface area (Å²) in [5, 5.41) is 3.61. The Morgan fingerprint density at radius 3 is 2.71 bits per heavy atom. The van der Waals surface area contributed by atoms with Crippen molar-refractivity contribution in [3.8, 4) is 0 Å². The van der Waals surface area contributed by atoms with E-state index in [1.54, 1.807) is 0 Å². The van der Waals surface area contributed by atoms with Crippen LogP contribution in [0.25, 0.3) is 0 Å². The highest BCUT2D eigenvalue weighted by atomic mass is 15.2. The van der Waals surface area contributed by atoms with Crippen LogP contribution < -0.4 is 5.32 Å². The summed E-state index contributed by atoms with van der Waals surface area (Å²) in [5.74, 6) is 1.79. The molecule has 1 aromatic heterocycles. The Balaban J connectivity index is 1.92. The predicted molar refractivity (Wildman–Crippen MR) is 53.6 cm³/mol. The van der Waals surface area contributed by atoms with Gasteiger partial charge in [-0.2, -0.15) is 0 Å². The van der Waals surface area contributed by atoms with Crippen molar-refractivity contribution in [1.29, 1.82) is 0 Å². The molecule has 3 heterocycles. The van der Waals surface area contributed by atoms with Gasteiger partial charge in [0.15, 0.2) is 0 Å². The number of fused-ring (bicyclic) bond motifs is 2. The number of aromatic nitrogens is 2. The van der Waals surface area contributed by atoms with Gasteiger partial charge in [-0.1, -0.05) is 6.92 Å². The molecule has 14 heavy (non-hydrogen) atoms. The zero-order chi connectivity index (χ0) is 9.60. The molecule has 3 aliphatic rings.